The van der Waals surface area contributed by atoms with Gasteiger partial charge >= 0.3 is 5.97 Å². The number of carbonyl (C=O) groups is 1. The molecule has 2 aromatic rings. The van der Waals surface area contributed by atoms with Crippen LogP contribution in [-0.2, 0) is 9.53 Å². The molecule has 29 heavy (non-hydrogen) atoms. The monoisotopic (exact) mass is 408 g/mol. The molecule has 1 aromatic heterocycles. The van der Waals surface area contributed by atoms with Crippen LogP contribution < -0.4 is 5.32 Å². The molecule has 1 unspecified atom stereocenters. The van der Waals surface area contributed by atoms with Gasteiger partial charge in [0.2, 0.25) is 0 Å². The number of pyridine rings is 1. The Kier molecular flexibility index (Phi) is 9.25. The fourth-order valence-corrected chi connectivity index (χ4v) is 3.02. The van der Waals surface area contributed by atoms with Crippen LogP contribution in [0.3, 0.4) is 0 Å². The summed E-state index contributed by atoms with van der Waals surface area (Å²) >= 11 is 5.53. The van der Waals surface area contributed by atoms with Gasteiger partial charge < -0.3 is 10.1 Å². The molecule has 0 radical (unpaired) electrons. The summed E-state index contributed by atoms with van der Waals surface area (Å²) in [7, 11) is 0. The lowest BCUT2D eigenvalue weighted by Gasteiger charge is -2.18. The highest BCUT2D eigenvalue weighted by Crippen LogP contribution is 2.20. The normalized spacial score (nSPS) is 12.0. The van der Waals surface area contributed by atoms with E-state index in [2.05, 4.69) is 30.2 Å². The molecule has 5 heteroatoms. The van der Waals surface area contributed by atoms with E-state index in [0.717, 1.165) is 18.5 Å². The maximum absolute atomic E-state index is 12.8. The van der Waals surface area contributed by atoms with Crippen molar-refractivity contribution in [3.8, 4) is 0 Å². The van der Waals surface area contributed by atoms with Crippen LogP contribution >= 0.6 is 12.2 Å². The van der Waals surface area contributed by atoms with E-state index in [1.807, 2.05) is 49.4 Å². The molecule has 4 nitrogen and oxygen atoms in total. The topological polar surface area (TPSA) is 51.2 Å². The molecule has 0 aliphatic rings. The van der Waals surface area contributed by atoms with Crippen LogP contribution in [0.1, 0.15) is 45.2 Å². The third kappa shape index (κ3) is 8.00. The minimum absolute atomic E-state index is 0.219. The molecule has 0 bridgehead atoms. The first-order valence-electron chi connectivity index (χ1n) is 9.70. The van der Waals surface area contributed by atoms with Gasteiger partial charge in [0.25, 0.3) is 0 Å². The SMILES string of the molecule is CC(C)=CCC/C(C)=C/COC(=O)C(C(=S)Nc1ccccc1)c1ccccn1. The molecule has 0 saturated carbocycles. The number of hydrogen-bond donors (Lipinski definition) is 1. The van der Waals surface area contributed by atoms with Crippen molar-refractivity contribution in [2.75, 3.05) is 11.9 Å². The van der Waals surface area contributed by atoms with Crippen LogP contribution in [0, 0.1) is 0 Å². The van der Waals surface area contributed by atoms with Crippen LogP contribution in [0.15, 0.2) is 78.0 Å². The molecule has 0 fully saturated rings. The zero-order valence-corrected chi connectivity index (χ0v) is 18.0. The summed E-state index contributed by atoms with van der Waals surface area (Å²) in [5.74, 6) is -1.17. The third-order valence-electron chi connectivity index (χ3n) is 4.27. The summed E-state index contributed by atoms with van der Waals surface area (Å²) in [6.07, 6.45) is 7.72. The summed E-state index contributed by atoms with van der Waals surface area (Å²) in [6.45, 7) is 6.44. The average Bonchev–Trinajstić information content (AvgIpc) is 2.69. The van der Waals surface area contributed by atoms with E-state index >= 15 is 0 Å². The lowest BCUT2D eigenvalue weighted by Crippen LogP contribution is -2.28. The van der Waals surface area contributed by atoms with Gasteiger partial charge in [-0.1, -0.05) is 53.7 Å². The predicted octanol–water partition coefficient (Wildman–Crippen LogP) is 5.84. The maximum Gasteiger partial charge on any atom is 0.322 e. The fourth-order valence-electron chi connectivity index (χ4n) is 2.68. The minimum Gasteiger partial charge on any atom is -0.461 e. The molecule has 1 aromatic carbocycles. The number of allylic oxidation sites excluding steroid dienone is 3. The molecule has 0 spiro atoms. The summed E-state index contributed by atoms with van der Waals surface area (Å²) in [5, 5.41) is 3.13. The number of carbonyl (C=O) groups excluding carboxylic acids is 1. The molecule has 0 aliphatic carbocycles. The van der Waals surface area contributed by atoms with E-state index in [9.17, 15) is 4.79 Å². The molecule has 0 amide bonds. The van der Waals surface area contributed by atoms with Gasteiger partial charge in [-0.3, -0.25) is 9.78 Å². The van der Waals surface area contributed by atoms with E-state index in [1.165, 1.54) is 11.1 Å². The van der Waals surface area contributed by atoms with E-state index in [1.54, 1.807) is 18.3 Å². The van der Waals surface area contributed by atoms with Gasteiger partial charge in [0.05, 0.1) is 5.69 Å². The Bertz CT molecular complexity index is 857. The zero-order valence-electron chi connectivity index (χ0n) is 17.2. The van der Waals surface area contributed by atoms with E-state index in [4.69, 9.17) is 17.0 Å². The van der Waals surface area contributed by atoms with Gasteiger partial charge in [0, 0.05) is 11.9 Å². The Morgan fingerprint density at radius 3 is 2.48 bits per heavy atom. The highest BCUT2D eigenvalue weighted by Gasteiger charge is 2.28. The summed E-state index contributed by atoms with van der Waals surface area (Å²) < 4.78 is 5.52. The zero-order chi connectivity index (χ0) is 21.1. The molecule has 1 atom stereocenters. The maximum atomic E-state index is 12.8. The van der Waals surface area contributed by atoms with Gasteiger partial charge in [-0.25, -0.2) is 0 Å². The van der Waals surface area contributed by atoms with E-state index in [-0.39, 0.29) is 6.61 Å². The van der Waals surface area contributed by atoms with Gasteiger partial charge in [-0.2, -0.15) is 0 Å². The number of para-hydroxylation sites is 1. The Balaban J connectivity index is 2.03. The van der Waals surface area contributed by atoms with Crippen LogP contribution in [0.4, 0.5) is 5.69 Å². The Hall–Kier alpha value is -2.79. The second-order valence-electron chi connectivity index (χ2n) is 7.04. The first-order chi connectivity index (χ1) is 14.0. The molecule has 0 saturated heterocycles. The largest absolute Gasteiger partial charge is 0.461 e. The fraction of sp³-hybridized carbons (Fsp3) is 0.292. The van der Waals surface area contributed by atoms with Crippen molar-refractivity contribution in [3.63, 3.8) is 0 Å². The molecule has 0 aliphatic heterocycles. The Morgan fingerprint density at radius 1 is 1.10 bits per heavy atom. The van der Waals surface area contributed by atoms with Crippen molar-refractivity contribution in [1.82, 2.24) is 4.98 Å². The minimum atomic E-state index is -0.759. The number of esters is 1. The number of rotatable bonds is 9. The quantitative estimate of drug-likeness (QED) is 0.321. The number of benzene rings is 1. The molecule has 1 heterocycles. The van der Waals surface area contributed by atoms with Crippen LogP contribution in [0.2, 0.25) is 0 Å². The Morgan fingerprint density at radius 2 is 1.83 bits per heavy atom. The highest BCUT2D eigenvalue weighted by atomic mass is 32.1. The number of aromatic nitrogens is 1. The van der Waals surface area contributed by atoms with Crippen molar-refractivity contribution in [2.24, 2.45) is 0 Å². The lowest BCUT2D eigenvalue weighted by atomic mass is 10.0. The average molecular weight is 409 g/mol. The van der Waals surface area contributed by atoms with E-state index < -0.39 is 11.9 Å². The lowest BCUT2D eigenvalue weighted by molar-refractivity contribution is -0.142. The van der Waals surface area contributed by atoms with Crippen LogP contribution in [-0.4, -0.2) is 22.5 Å². The van der Waals surface area contributed by atoms with Gasteiger partial charge in [0.1, 0.15) is 17.5 Å². The number of thiocarbonyl (C=S) groups is 1. The van der Waals surface area contributed by atoms with Crippen molar-refractivity contribution >= 4 is 28.9 Å². The summed E-state index contributed by atoms with van der Waals surface area (Å²) in [5.41, 5.74) is 3.88. The summed E-state index contributed by atoms with van der Waals surface area (Å²) in [4.78, 5) is 17.5. The van der Waals surface area contributed by atoms with Crippen molar-refractivity contribution in [1.29, 1.82) is 0 Å². The molecule has 2 rings (SSSR count). The van der Waals surface area contributed by atoms with Crippen LogP contribution in [0.5, 0.6) is 0 Å². The Labute approximate surface area is 178 Å². The summed E-state index contributed by atoms with van der Waals surface area (Å²) in [6, 6.07) is 14.9. The third-order valence-corrected chi connectivity index (χ3v) is 4.61. The number of nitrogens with one attached hydrogen (secondary N) is 1. The second-order valence-corrected chi connectivity index (χ2v) is 7.48. The predicted molar refractivity (Wildman–Crippen MR) is 123 cm³/mol. The molecular weight excluding hydrogens is 380 g/mol. The number of nitrogens with zero attached hydrogens (tertiary/aromatic N) is 1. The van der Waals surface area contributed by atoms with Crippen molar-refractivity contribution in [3.05, 3.63) is 83.7 Å². The van der Waals surface area contributed by atoms with Crippen molar-refractivity contribution in [2.45, 2.75) is 39.5 Å². The first-order valence-corrected chi connectivity index (χ1v) is 10.1. The van der Waals surface area contributed by atoms with E-state index in [0.29, 0.717) is 10.7 Å². The number of hydrogen-bond acceptors (Lipinski definition) is 4. The molecular formula is C24H28N2O2S. The number of ether oxygens (including phenoxy) is 1. The highest BCUT2D eigenvalue weighted by molar-refractivity contribution is 7.80. The van der Waals surface area contributed by atoms with Gasteiger partial charge in [0.15, 0.2) is 0 Å². The molecule has 1 N–H and O–H groups in total. The smallest absolute Gasteiger partial charge is 0.322 e. The number of anilines is 1. The van der Waals surface area contributed by atoms with Crippen molar-refractivity contribution < 1.29 is 9.53 Å². The van der Waals surface area contributed by atoms with Gasteiger partial charge in [-0.15, -0.1) is 0 Å². The first kappa shape index (κ1) is 22.5. The molecule has 152 valence electrons. The van der Waals surface area contributed by atoms with Crippen LogP contribution in [0.25, 0.3) is 0 Å². The van der Waals surface area contributed by atoms with Gasteiger partial charge in [-0.05, 0) is 64.0 Å². The second kappa shape index (κ2) is 11.9. The standard InChI is InChI=1S/C24H28N2O2S/c1-18(2)10-9-11-19(3)15-17-28-24(27)22(21-14-7-8-16-25-21)23(29)26-20-12-5-4-6-13-20/h4-8,10,12-16,22H,9,11,17H2,1-3H3,(H,26,29)/b19-15+.